The van der Waals surface area contributed by atoms with Crippen LogP contribution in [0.5, 0.6) is 0 Å². The third-order valence-electron chi connectivity index (χ3n) is 3.68. The highest BCUT2D eigenvalue weighted by Gasteiger charge is 2.27. The summed E-state index contributed by atoms with van der Waals surface area (Å²) in [7, 11) is 0. The van der Waals surface area contributed by atoms with E-state index in [0.717, 1.165) is 23.6 Å². The number of thioether (sulfide) groups is 1. The zero-order valence-electron chi connectivity index (χ0n) is 12.9. The second-order valence-corrected chi connectivity index (χ2v) is 8.21. The van der Waals surface area contributed by atoms with Crippen LogP contribution in [-0.2, 0) is 11.3 Å². The van der Waals surface area contributed by atoms with Crippen LogP contribution < -0.4 is 5.32 Å². The van der Waals surface area contributed by atoms with Crippen LogP contribution in [0.3, 0.4) is 0 Å². The molecule has 2 aromatic rings. The number of halogens is 2. The fourth-order valence-electron chi connectivity index (χ4n) is 2.29. The molecule has 0 radical (unpaired) electrons. The van der Waals surface area contributed by atoms with Gasteiger partial charge in [-0.3, -0.25) is 14.5 Å². The molecule has 1 heterocycles. The maximum absolute atomic E-state index is 12.3. The van der Waals surface area contributed by atoms with Crippen molar-refractivity contribution in [1.29, 1.82) is 0 Å². The van der Waals surface area contributed by atoms with Crippen molar-refractivity contribution in [1.82, 2.24) is 20.1 Å². The third-order valence-corrected chi connectivity index (χ3v) is 5.80. The number of aromatic amines is 1. The smallest absolute Gasteiger partial charge is 0.233 e. The van der Waals surface area contributed by atoms with E-state index in [4.69, 9.17) is 35.4 Å². The van der Waals surface area contributed by atoms with Crippen LogP contribution in [0.4, 0.5) is 0 Å². The predicted molar refractivity (Wildman–Crippen MR) is 99.3 cm³/mol. The summed E-state index contributed by atoms with van der Waals surface area (Å²) in [5.41, 5.74) is 0. The Kier molecular flexibility index (Phi) is 5.54. The van der Waals surface area contributed by atoms with Gasteiger partial charge < -0.3 is 5.32 Å². The summed E-state index contributed by atoms with van der Waals surface area (Å²) in [5.74, 6) is 0.668. The SMILES string of the molecule is CC(Sc1cc(Cl)ccc1Cl)C(=O)NCc1n[nH]c(=S)n1C1CC1. The Labute approximate surface area is 159 Å². The molecule has 1 aromatic carbocycles. The van der Waals surface area contributed by atoms with Gasteiger partial charge in [0.15, 0.2) is 10.6 Å². The minimum atomic E-state index is -0.308. The van der Waals surface area contributed by atoms with Gasteiger partial charge in [-0.2, -0.15) is 5.10 Å². The molecule has 1 aliphatic carbocycles. The molecule has 0 spiro atoms. The topological polar surface area (TPSA) is 62.7 Å². The van der Waals surface area contributed by atoms with Gasteiger partial charge in [-0.25, -0.2) is 0 Å². The Morgan fingerprint density at radius 2 is 2.29 bits per heavy atom. The van der Waals surface area contributed by atoms with Gasteiger partial charge in [0.25, 0.3) is 0 Å². The van der Waals surface area contributed by atoms with Gasteiger partial charge >= 0.3 is 0 Å². The summed E-state index contributed by atoms with van der Waals surface area (Å²) in [5, 5.41) is 10.8. The van der Waals surface area contributed by atoms with Crippen molar-refractivity contribution in [3.8, 4) is 0 Å². The predicted octanol–water partition coefficient (Wildman–Crippen LogP) is 4.38. The number of aromatic nitrogens is 3. The molecule has 0 bridgehead atoms. The van der Waals surface area contributed by atoms with Gasteiger partial charge in [-0.1, -0.05) is 23.2 Å². The van der Waals surface area contributed by atoms with Gasteiger partial charge in [0.1, 0.15) is 0 Å². The molecule has 1 atom stereocenters. The summed E-state index contributed by atoms with van der Waals surface area (Å²) < 4.78 is 2.59. The number of hydrogen-bond acceptors (Lipinski definition) is 4. The van der Waals surface area contributed by atoms with E-state index in [-0.39, 0.29) is 11.2 Å². The van der Waals surface area contributed by atoms with Crippen LogP contribution in [-0.4, -0.2) is 25.9 Å². The maximum Gasteiger partial charge on any atom is 0.233 e. The minimum absolute atomic E-state index is 0.0905. The van der Waals surface area contributed by atoms with Crippen molar-refractivity contribution in [2.24, 2.45) is 0 Å². The molecular weight excluding hydrogens is 387 g/mol. The molecule has 1 amide bonds. The lowest BCUT2D eigenvalue weighted by Gasteiger charge is -2.13. The summed E-state index contributed by atoms with van der Waals surface area (Å²) in [4.78, 5) is 13.1. The standard InChI is InChI=1S/C15H16Cl2N4OS2/c1-8(24-12-6-9(16)2-5-11(12)17)14(22)18-7-13-19-20-15(23)21(13)10-3-4-10/h2,5-6,8,10H,3-4,7H2,1H3,(H,18,22)(H,20,23). The highest BCUT2D eigenvalue weighted by molar-refractivity contribution is 8.00. The lowest BCUT2D eigenvalue weighted by atomic mass is 10.4. The summed E-state index contributed by atoms with van der Waals surface area (Å²) >= 11 is 18.7. The molecule has 1 unspecified atom stereocenters. The number of carbonyl (C=O) groups is 1. The molecular formula is C15H16Cl2N4OS2. The van der Waals surface area contributed by atoms with Crippen molar-refractivity contribution in [2.45, 2.75) is 42.5 Å². The third kappa shape index (κ3) is 4.14. The number of amides is 1. The first-order valence-corrected chi connectivity index (χ1v) is 9.55. The molecule has 0 saturated heterocycles. The molecule has 1 fully saturated rings. The Bertz CT molecular complexity index is 816. The van der Waals surface area contributed by atoms with Crippen LogP contribution in [0.1, 0.15) is 31.6 Å². The molecule has 24 heavy (non-hydrogen) atoms. The summed E-state index contributed by atoms with van der Waals surface area (Å²) in [6, 6.07) is 5.63. The molecule has 0 aliphatic heterocycles. The zero-order valence-corrected chi connectivity index (χ0v) is 16.0. The second kappa shape index (κ2) is 7.47. The molecule has 3 rings (SSSR count). The lowest BCUT2D eigenvalue weighted by molar-refractivity contribution is -0.120. The molecule has 128 valence electrons. The van der Waals surface area contributed by atoms with Gasteiger partial charge in [0, 0.05) is 16.0 Å². The minimum Gasteiger partial charge on any atom is -0.348 e. The summed E-state index contributed by atoms with van der Waals surface area (Å²) in [6.45, 7) is 2.17. The zero-order chi connectivity index (χ0) is 17.3. The van der Waals surface area contributed by atoms with E-state index < -0.39 is 0 Å². The maximum atomic E-state index is 12.3. The van der Waals surface area contributed by atoms with Crippen molar-refractivity contribution >= 4 is 53.1 Å². The first-order valence-electron chi connectivity index (χ1n) is 7.51. The number of carbonyl (C=O) groups excluding carboxylic acids is 1. The van der Waals surface area contributed by atoms with Gasteiger partial charge in [-0.05, 0) is 50.2 Å². The largest absolute Gasteiger partial charge is 0.348 e. The molecule has 2 N–H and O–H groups in total. The Morgan fingerprint density at radius 1 is 1.54 bits per heavy atom. The normalized spacial score (nSPS) is 15.3. The van der Waals surface area contributed by atoms with Crippen LogP contribution >= 0.6 is 47.2 Å². The van der Waals surface area contributed by atoms with Crippen molar-refractivity contribution in [3.63, 3.8) is 0 Å². The van der Waals surface area contributed by atoms with E-state index in [9.17, 15) is 4.79 Å². The van der Waals surface area contributed by atoms with E-state index in [1.54, 1.807) is 18.2 Å². The first-order chi connectivity index (χ1) is 11.5. The van der Waals surface area contributed by atoms with E-state index in [0.29, 0.717) is 27.4 Å². The lowest BCUT2D eigenvalue weighted by Crippen LogP contribution is -2.31. The number of H-pyrrole nitrogens is 1. The second-order valence-electron chi connectivity index (χ2n) is 5.60. The van der Waals surface area contributed by atoms with Crippen molar-refractivity contribution in [2.75, 3.05) is 0 Å². The van der Waals surface area contributed by atoms with Crippen LogP contribution in [0.25, 0.3) is 0 Å². The number of rotatable bonds is 6. The van der Waals surface area contributed by atoms with E-state index in [2.05, 4.69) is 15.5 Å². The highest BCUT2D eigenvalue weighted by Crippen LogP contribution is 2.36. The number of nitrogens with zero attached hydrogens (tertiary/aromatic N) is 2. The molecule has 9 heteroatoms. The Hall–Kier alpha value is -1.02. The average molecular weight is 403 g/mol. The summed E-state index contributed by atoms with van der Waals surface area (Å²) in [6.07, 6.45) is 2.21. The monoisotopic (exact) mass is 402 g/mol. The van der Waals surface area contributed by atoms with Crippen molar-refractivity contribution < 1.29 is 4.79 Å². The average Bonchev–Trinajstić information content (AvgIpc) is 3.31. The molecule has 1 saturated carbocycles. The Balaban J connectivity index is 1.60. The van der Waals surface area contributed by atoms with Gasteiger partial charge in [0.05, 0.1) is 16.8 Å². The van der Waals surface area contributed by atoms with Crippen LogP contribution in [0.2, 0.25) is 10.0 Å². The van der Waals surface area contributed by atoms with Crippen molar-refractivity contribution in [3.05, 3.63) is 38.8 Å². The van der Waals surface area contributed by atoms with E-state index in [1.165, 1.54) is 11.8 Å². The van der Waals surface area contributed by atoms with Crippen LogP contribution in [0, 0.1) is 4.77 Å². The number of benzene rings is 1. The van der Waals surface area contributed by atoms with E-state index >= 15 is 0 Å². The van der Waals surface area contributed by atoms with E-state index in [1.807, 2.05) is 11.5 Å². The Morgan fingerprint density at radius 3 is 3.00 bits per heavy atom. The fourth-order valence-corrected chi connectivity index (χ4v) is 4.03. The van der Waals surface area contributed by atoms with Gasteiger partial charge in [-0.15, -0.1) is 11.8 Å². The quantitative estimate of drug-likeness (QED) is 0.555. The fraction of sp³-hybridized carbons (Fsp3) is 0.400. The number of hydrogen-bond donors (Lipinski definition) is 2. The van der Waals surface area contributed by atoms with Gasteiger partial charge in [0.2, 0.25) is 5.91 Å². The highest BCUT2D eigenvalue weighted by atomic mass is 35.5. The van der Waals surface area contributed by atoms with Crippen LogP contribution in [0.15, 0.2) is 23.1 Å². The first kappa shape index (κ1) is 17.8. The molecule has 1 aliphatic rings. The molecule has 5 nitrogen and oxygen atoms in total. The number of nitrogens with one attached hydrogen (secondary N) is 2. The molecule has 1 aromatic heterocycles.